The number of rotatable bonds is 6. The first-order valence-electron chi connectivity index (χ1n) is 7.98. The van der Waals surface area contributed by atoms with E-state index < -0.39 is 0 Å². The molecule has 0 saturated carbocycles. The van der Waals surface area contributed by atoms with Gasteiger partial charge in [-0.15, -0.1) is 0 Å². The van der Waals surface area contributed by atoms with Gasteiger partial charge in [-0.2, -0.15) is 0 Å². The van der Waals surface area contributed by atoms with Crippen LogP contribution in [0.3, 0.4) is 0 Å². The Bertz CT molecular complexity index is 411. The van der Waals surface area contributed by atoms with E-state index >= 15 is 0 Å². The molecule has 0 amide bonds. The molecule has 1 saturated heterocycles. The van der Waals surface area contributed by atoms with Crippen molar-refractivity contribution in [2.45, 2.75) is 46.1 Å². The molecule has 0 atom stereocenters. The van der Waals surface area contributed by atoms with Crippen LogP contribution in [0.15, 0.2) is 18.2 Å². The van der Waals surface area contributed by atoms with E-state index in [1.807, 2.05) is 12.1 Å². The monoisotopic (exact) mass is 278 g/mol. The topological polar surface area (TPSA) is 15.3 Å². The summed E-state index contributed by atoms with van der Waals surface area (Å²) in [6.45, 7) is 7.95. The summed E-state index contributed by atoms with van der Waals surface area (Å²) in [4.78, 5) is 2.21. The van der Waals surface area contributed by atoms with Gasteiger partial charge in [-0.05, 0) is 43.0 Å². The lowest BCUT2D eigenvalue weighted by Gasteiger charge is -2.33. The molecule has 2 nitrogen and oxygen atoms in total. The molecule has 1 aliphatic heterocycles. The molecule has 0 radical (unpaired) electrons. The molecule has 1 aromatic carbocycles. The smallest absolute Gasteiger partial charge is 0.146 e. The van der Waals surface area contributed by atoms with Gasteiger partial charge in [-0.25, -0.2) is 4.39 Å². The van der Waals surface area contributed by atoms with Crippen molar-refractivity contribution < 1.29 is 4.39 Å². The zero-order chi connectivity index (χ0) is 14.4. The molecule has 0 aromatic heterocycles. The second-order valence-corrected chi connectivity index (χ2v) is 5.79. The maximum atomic E-state index is 14.2. The van der Waals surface area contributed by atoms with Crippen molar-refractivity contribution >= 4 is 5.69 Å². The molecule has 1 fully saturated rings. The van der Waals surface area contributed by atoms with Crippen molar-refractivity contribution in [2.24, 2.45) is 5.92 Å². The van der Waals surface area contributed by atoms with Gasteiger partial charge in [0.05, 0.1) is 5.69 Å². The van der Waals surface area contributed by atoms with E-state index in [0.29, 0.717) is 0 Å². The molecule has 1 aliphatic rings. The summed E-state index contributed by atoms with van der Waals surface area (Å²) in [6, 6.07) is 5.66. The van der Waals surface area contributed by atoms with E-state index in [2.05, 4.69) is 24.1 Å². The van der Waals surface area contributed by atoms with Gasteiger partial charge in [0.25, 0.3) is 0 Å². The van der Waals surface area contributed by atoms with E-state index in [4.69, 9.17) is 0 Å². The number of nitrogens with one attached hydrogen (secondary N) is 1. The minimum absolute atomic E-state index is 0.0747. The molecule has 0 aliphatic carbocycles. The maximum absolute atomic E-state index is 14.2. The first-order chi connectivity index (χ1) is 9.74. The summed E-state index contributed by atoms with van der Waals surface area (Å²) in [5.74, 6) is 0.765. The molecule has 1 aromatic rings. The van der Waals surface area contributed by atoms with E-state index in [0.717, 1.165) is 43.3 Å². The quantitative estimate of drug-likeness (QED) is 0.847. The van der Waals surface area contributed by atoms with E-state index in [-0.39, 0.29) is 5.82 Å². The summed E-state index contributed by atoms with van der Waals surface area (Å²) in [6.07, 6.45) is 4.98. The average Bonchev–Trinajstić information content (AvgIpc) is 2.47. The summed E-state index contributed by atoms with van der Waals surface area (Å²) < 4.78 is 14.2. The van der Waals surface area contributed by atoms with Crippen LogP contribution in [0.25, 0.3) is 0 Å². The lowest BCUT2D eigenvalue weighted by molar-refractivity contribution is 0.376. The minimum atomic E-state index is -0.0747. The van der Waals surface area contributed by atoms with Crippen LogP contribution in [0.1, 0.15) is 45.1 Å². The molecule has 0 bridgehead atoms. The van der Waals surface area contributed by atoms with E-state index in [9.17, 15) is 4.39 Å². The van der Waals surface area contributed by atoms with Crippen LogP contribution in [0, 0.1) is 11.7 Å². The molecule has 1 N–H and O–H groups in total. The molecule has 112 valence electrons. The fourth-order valence-corrected chi connectivity index (χ4v) is 3.06. The third kappa shape index (κ3) is 3.95. The predicted octanol–water partition coefficient (Wildman–Crippen LogP) is 3.95. The van der Waals surface area contributed by atoms with Gasteiger partial charge in [0, 0.05) is 19.6 Å². The Morgan fingerprint density at radius 1 is 1.25 bits per heavy atom. The molecule has 3 heteroatoms. The summed E-state index contributed by atoms with van der Waals surface area (Å²) in [7, 11) is 0. The third-order valence-corrected chi connectivity index (χ3v) is 4.24. The number of hydrogen-bond donors (Lipinski definition) is 1. The van der Waals surface area contributed by atoms with Crippen LogP contribution in [-0.4, -0.2) is 19.6 Å². The number of halogens is 1. The summed E-state index contributed by atoms with van der Waals surface area (Å²) >= 11 is 0. The Hall–Kier alpha value is -1.09. The van der Waals surface area contributed by atoms with Crippen molar-refractivity contribution in [1.29, 1.82) is 0 Å². The number of anilines is 1. The average molecular weight is 278 g/mol. The fraction of sp³-hybridized carbons (Fsp3) is 0.647. The maximum Gasteiger partial charge on any atom is 0.146 e. The SMILES string of the molecule is CCCC1CCN(c2ccc(CNCC)cc2F)CC1. The van der Waals surface area contributed by atoms with Gasteiger partial charge in [0.2, 0.25) is 0 Å². The van der Waals surface area contributed by atoms with Crippen LogP contribution in [0.5, 0.6) is 0 Å². The first-order valence-corrected chi connectivity index (χ1v) is 7.98. The number of hydrogen-bond acceptors (Lipinski definition) is 2. The largest absolute Gasteiger partial charge is 0.369 e. The Morgan fingerprint density at radius 3 is 2.60 bits per heavy atom. The predicted molar refractivity (Wildman–Crippen MR) is 83.6 cm³/mol. The van der Waals surface area contributed by atoms with Gasteiger partial charge in [-0.1, -0.05) is 32.8 Å². The molecule has 1 heterocycles. The Morgan fingerprint density at radius 2 is 2.00 bits per heavy atom. The molecular weight excluding hydrogens is 251 g/mol. The van der Waals surface area contributed by atoms with Crippen LogP contribution in [0.2, 0.25) is 0 Å². The second kappa shape index (κ2) is 7.63. The highest BCUT2D eigenvalue weighted by atomic mass is 19.1. The van der Waals surface area contributed by atoms with Crippen molar-refractivity contribution in [3.63, 3.8) is 0 Å². The molecule has 20 heavy (non-hydrogen) atoms. The van der Waals surface area contributed by atoms with Crippen molar-refractivity contribution in [3.8, 4) is 0 Å². The summed E-state index contributed by atoms with van der Waals surface area (Å²) in [5, 5.41) is 3.23. The highest BCUT2D eigenvalue weighted by Gasteiger charge is 2.20. The summed E-state index contributed by atoms with van der Waals surface area (Å²) in [5.41, 5.74) is 1.80. The fourth-order valence-electron chi connectivity index (χ4n) is 3.06. The number of benzene rings is 1. The molecule has 0 spiro atoms. The Labute approximate surface area is 122 Å². The first kappa shape index (κ1) is 15.3. The van der Waals surface area contributed by atoms with Crippen molar-refractivity contribution in [1.82, 2.24) is 5.32 Å². The van der Waals surface area contributed by atoms with E-state index in [1.54, 1.807) is 6.07 Å². The lowest BCUT2D eigenvalue weighted by atomic mass is 9.92. The molecular formula is C17H27FN2. The highest BCUT2D eigenvalue weighted by molar-refractivity contribution is 5.49. The number of piperidine rings is 1. The highest BCUT2D eigenvalue weighted by Crippen LogP contribution is 2.28. The zero-order valence-electron chi connectivity index (χ0n) is 12.8. The van der Waals surface area contributed by atoms with Gasteiger partial charge in [0.1, 0.15) is 5.82 Å². The van der Waals surface area contributed by atoms with Gasteiger partial charge in [-0.3, -0.25) is 0 Å². The Balaban J connectivity index is 1.96. The lowest BCUT2D eigenvalue weighted by Crippen LogP contribution is -2.34. The minimum Gasteiger partial charge on any atom is -0.369 e. The second-order valence-electron chi connectivity index (χ2n) is 5.79. The van der Waals surface area contributed by atoms with Crippen molar-refractivity contribution in [3.05, 3.63) is 29.6 Å². The normalized spacial score (nSPS) is 16.6. The molecule has 2 rings (SSSR count). The third-order valence-electron chi connectivity index (χ3n) is 4.24. The zero-order valence-corrected chi connectivity index (χ0v) is 12.8. The van der Waals surface area contributed by atoms with Crippen LogP contribution >= 0.6 is 0 Å². The number of nitrogens with zero attached hydrogens (tertiary/aromatic N) is 1. The van der Waals surface area contributed by atoms with Gasteiger partial charge < -0.3 is 10.2 Å². The van der Waals surface area contributed by atoms with Crippen LogP contribution in [0.4, 0.5) is 10.1 Å². The van der Waals surface area contributed by atoms with Crippen LogP contribution in [-0.2, 0) is 6.54 Å². The van der Waals surface area contributed by atoms with Gasteiger partial charge >= 0.3 is 0 Å². The van der Waals surface area contributed by atoms with Crippen LogP contribution < -0.4 is 10.2 Å². The molecule has 0 unspecified atom stereocenters. The Kier molecular flexibility index (Phi) is 5.84. The van der Waals surface area contributed by atoms with Gasteiger partial charge in [0.15, 0.2) is 0 Å². The van der Waals surface area contributed by atoms with Crippen molar-refractivity contribution in [2.75, 3.05) is 24.5 Å². The van der Waals surface area contributed by atoms with E-state index in [1.165, 1.54) is 25.7 Å². The standard InChI is InChI=1S/C17H27FN2/c1-3-5-14-8-10-20(11-9-14)17-7-6-15(12-16(17)18)13-19-4-2/h6-7,12,14,19H,3-5,8-11,13H2,1-2H3.